The molecule has 1 atom stereocenters. The zero-order valence-electron chi connectivity index (χ0n) is 12.4. The van der Waals surface area contributed by atoms with Crippen LogP contribution in [0.2, 0.25) is 5.02 Å². The van der Waals surface area contributed by atoms with Gasteiger partial charge in [-0.05, 0) is 55.3 Å². The van der Waals surface area contributed by atoms with Crippen LogP contribution in [0, 0.1) is 6.92 Å². The molecule has 0 aromatic heterocycles. The molecule has 0 saturated carbocycles. The van der Waals surface area contributed by atoms with Gasteiger partial charge in [0.05, 0.1) is 0 Å². The molecular formula is C17H21ClN2. The van der Waals surface area contributed by atoms with Crippen LogP contribution in [0.3, 0.4) is 0 Å². The van der Waals surface area contributed by atoms with Gasteiger partial charge >= 0.3 is 0 Å². The van der Waals surface area contributed by atoms with Crippen molar-refractivity contribution < 1.29 is 0 Å². The first-order chi connectivity index (χ1) is 9.47. The molecule has 0 radical (unpaired) electrons. The van der Waals surface area contributed by atoms with Crippen LogP contribution in [0.25, 0.3) is 0 Å². The average Bonchev–Trinajstić information content (AvgIpc) is 2.42. The minimum Gasteiger partial charge on any atom is -0.378 e. The molecule has 106 valence electrons. The maximum Gasteiger partial charge on any atom is 0.0485 e. The number of halogens is 1. The van der Waals surface area contributed by atoms with Crippen LogP contribution in [0.5, 0.6) is 0 Å². The monoisotopic (exact) mass is 288 g/mol. The maximum absolute atomic E-state index is 5.99. The molecule has 0 aliphatic heterocycles. The number of rotatable bonds is 4. The molecule has 2 aromatic rings. The molecule has 1 unspecified atom stereocenters. The molecule has 2 rings (SSSR count). The van der Waals surface area contributed by atoms with Crippen LogP contribution in [0.1, 0.15) is 24.1 Å². The van der Waals surface area contributed by atoms with Gasteiger partial charge < -0.3 is 10.2 Å². The highest BCUT2D eigenvalue weighted by molar-refractivity contribution is 6.30. The Hall–Kier alpha value is -1.67. The Labute approximate surface area is 126 Å². The molecule has 0 spiro atoms. The topological polar surface area (TPSA) is 15.3 Å². The zero-order chi connectivity index (χ0) is 14.7. The van der Waals surface area contributed by atoms with E-state index in [0.29, 0.717) is 0 Å². The minimum atomic E-state index is 0.256. The van der Waals surface area contributed by atoms with E-state index < -0.39 is 0 Å². The number of nitrogens with zero attached hydrogens (tertiary/aromatic N) is 1. The molecule has 0 bridgehead atoms. The van der Waals surface area contributed by atoms with Crippen LogP contribution >= 0.6 is 11.6 Å². The Morgan fingerprint density at radius 1 is 1.05 bits per heavy atom. The largest absolute Gasteiger partial charge is 0.378 e. The van der Waals surface area contributed by atoms with Crippen molar-refractivity contribution >= 4 is 23.0 Å². The highest BCUT2D eigenvalue weighted by Gasteiger charge is 2.07. The summed E-state index contributed by atoms with van der Waals surface area (Å²) < 4.78 is 0. The van der Waals surface area contributed by atoms with Gasteiger partial charge in [-0.3, -0.25) is 0 Å². The second kappa shape index (κ2) is 6.19. The lowest BCUT2D eigenvalue weighted by Crippen LogP contribution is -2.10. The number of aryl methyl sites for hydroxylation is 1. The standard InChI is InChI=1S/C17H21ClN2/c1-12-11-15(18)7-10-17(12)19-13(2)14-5-8-16(9-6-14)20(3)4/h5-11,13,19H,1-4H3. The SMILES string of the molecule is Cc1cc(Cl)ccc1NC(C)c1ccc(N(C)C)cc1. The summed E-state index contributed by atoms with van der Waals surface area (Å²) in [6.07, 6.45) is 0. The fraction of sp³-hybridized carbons (Fsp3) is 0.294. The molecule has 3 heteroatoms. The van der Waals surface area contributed by atoms with Crippen LogP contribution < -0.4 is 10.2 Å². The van der Waals surface area contributed by atoms with Gasteiger partial charge in [-0.1, -0.05) is 23.7 Å². The van der Waals surface area contributed by atoms with Crippen molar-refractivity contribution in [3.05, 3.63) is 58.6 Å². The maximum atomic E-state index is 5.99. The summed E-state index contributed by atoms with van der Waals surface area (Å²) in [7, 11) is 4.10. The van der Waals surface area contributed by atoms with Gasteiger partial charge in [-0.2, -0.15) is 0 Å². The van der Waals surface area contributed by atoms with E-state index in [1.165, 1.54) is 11.3 Å². The highest BCUT2D eigenvalue weighted by atomic mass is 35.5. The van der Waals surface area contributed by atoms with E-state index in [-0.39, 0.29) is 6.04 Å². The van der Waals surface area contributed by atoms with Crippen molar-refractivity contribution in [2.75, 3.05) is 24.3 Å². The lowest BCUT2D eigenvalue weighted by Gasteiger charge is -2.19. The van der Waals surface area contributed by atoms with Crippen molar-refractivity contribution in [1.29, 1.82) is 0 Å². The number of benzene rings is 2. The van der Waals surface area contributed by atoms with Crippen molar-refractivity contribution in [2.24, 2.45) is 0 Å². The quantitative estimate of drug-likeness (QED) is 0.862. The minimum absolute atomic E-state index is 0.256. The first-order valence-electron chi connectivity index (χ1n) is 6.77. The van der Waals surface area contributed by atoms with E-state index in [2.05, 4.69) is 48.3 Å². The fourth-order valence-electron chi connectivity index (χ4n) is 2.17. The summed E-state index contributed by atoms with van der Waals surface area (Å²) in [6.45, 7) is 4.23. The van der Waals surface area contributed by atoms with E-state index in [1.807, 2.05) is 32.3 Å². The van der Waals surface area contributed by atoms with Crippen molar-refractivity contribution in [3.63, 3.8) is 0 Å². The molecule has 0 heterocycles. The highest BCUT2D eigenvalue weighted by Crippen LogP contribution is 2.25. The number of hydrogen-bond acceptors (Lipinski definition) is 2. The molecule has 1 N–H and O–H groups in total. The second-order valence-electron chi connectivity index (χ2n) is 5.31. The van der Waals surface area contributed by atoms with Crippen LogP contribution in [0.4, 0.5) is 11.4 Å². The van der Waals surface area contributed by atoms with Gasteiger partial charge in [-0.25, -0.2) is 0 Å². The third kappa shape index (κ3) is 3.45. The number of nitrogens with one attached hydrogen (secondary N) is 1. The Morgan fingerprint density at radius 2 is 1.70 bits per heavy atom. The molecule has 0 amide bonds. The van der Waals surface area contributed by atoms with Gasteiger partial charge in [0.25, 0.3) is 0 Å². The van der Waals surface area contributed by atoms with E-state index in [9.17, 15) is 0 Å². The summed E-state index contributed by atoms with van der Waals surface area (Å²) in [5.74, 6) is 0. The molecule has 0 aliphatic rings. The van der Waals surface area contributed by atoms with Gasteiger partial charge in [0.1, 0.15) is 0 Å². The van der Waals surface area contributed by atoms with Crippen LogP contribution in [0.15, 0.2) is 42.5 Å². The van der Waals surface area contributed by atoms with E-state index in [0.717, 1.165) is 16.3 Å². The summed E-state index contributed by atoms with van der Waals surface area (Å²) in [4.78, 5) is 2.10. The molecule has 2 aromatic carbocycles. The average molecular weight is 289 g/mol. The van der Waals surface area contributed by atoms with Gasteiger partial charge in [0, 0.05) is 36.5 Å². The van der Waals surface area contributed by atoms with Crippen LogP contribution in [-0.4, -0.2) is 14.1 Å². The molecule has 0 aliphatic carbocycles. The smallest absolute Gasteiger partial charge is 0.0485 e. The van der Waals surface area contributed by atoms with Crippen LogP contribution in [-0.2, 0) is 0 Å². The Bertz CT molecular complexity index is 576. The first kappa shape index (κ1) is 14.7. The zero-order valence-corrected chi connectivity index (χ0v) is 13.2. The second-order valence-corrected chi connectivity index (χ2v) is 5.75. The van der Waals surface area contributed by atoms with Gasteiger partial charge in [0.15, 0.2) is 0 Å². The lowest BCUT2D eigenvalue weighted by atomic mass is 10.1. The molecule has 2 nitrogen and oxygen atoms in total. The lowest BCUT2D eigenvalue weighted by molar-refractivity contribution is 0.882. The predicted molar refractivity (Wildman–Crippen MR) is 89.0 cm³/mol. The Morgan fingerprint density at radius 3 is 2.25 bits per heavy atom. The summed E-state index contributed by atoms with van der Waals surface area (Å²) >= 11 is 5.99. The van der Waals surface area contributed by atoms with Gasteiger partial charge in [-0.15, -0.1) is 0 Å². The van der Waals surface area contributed by atoms with E-state index in [4.69, 9.17) is 11.6 Å². The van der Waals surface area contributed by atoms with E-state index in [1.54, 1.807) is 0 Å². The third-order valence-corrected chi connectivity index (χ3v) is 3.71. The number of anilines is 2. The number of hydrogen-bond donors (Lipinski definition) is 1. The molecular weight excluding hydrogens is 268 g/mol. The van der Waals surface area contributed by atoms with Crippen molar-refractivity contribution in [1.82, 2.24) is 0 Å². The third-order valence-electron chi connectivity index (χ3n) is 3.47. The molecule has 0 fully saturated rings. The normalized spacial score (nSPS) is 12.1. The summed E-state index contributed by atoms with van der Waals surface area (Å²) in [5, 5.41) is 4.30. The summed E-state index contributed by atoms with van der Waals surface area (Å²) in [5.41, 5.74) is 4.77. The molecule has 20 heavy (non-hydrogen) atoms. The first-order valence-corrected chi connectivity index (χ1v) is 7.15. The van der Waals surface area contributed by atoms with E-state index >= 15 is 0 Å². The van der Waals surface area contributed by atoms with Crippen molar-refractivity contribution in [2.45, 2.75) is 19.9 Å². The Balaban J connectivity index is 2.13. The fourth-order valence-corrected chi connectivity index (χ4v) is 2.39. The Kier molecular flexibility index (Phi) is 4.56. The van der Waals surface area contributed by atoms with Crippen molar-refractivity contribution in [3.8, 4) is 0 Å². The van der Waals surface area contributed by atoms with Gasteiger partial charge in [0.2, 0.25) is 0 Å². The summed E-state index contributed by atoms with van der Waals surface area (Å²) in [6, 6.07) is 14.8. The predicted octanol–water partition coefficient (Wildman–Crippen LogP) is 4.89. The molecule has 0 saturated heterocycles.